The summed E-state index contributed by atoms with van der Waals surface area (Å²) in [5, 5.41) is 9.33. The number of benzene rings is 1. The zero-order valence-electron chi connectivity index (χ0n) is 9.59. The van der Waals surface area contributed by atoms with Gasteiger partial charge in [0.2, 0.25) is 0 Å². The molecule has 0 radical (unpaired) electrons. The Morgan fingerprint density at radius 1 is 1.29 bits per heavy atom. The van der Waals surface area contributed by atoms with Gasteiger partial charge in [-0.25, -0.2) is 8.78 Å². The van der Waals surface area contributed by atoms with Crippen LogP contribution in [0.1, 0.15) is 36.8 Å². The van der Waals surface area contributed by atoms with Gasteiger partial charge in [0.25, 0.3) is 0 Å². The lowest BCUT2D eigenvalue weighted by Gasteiger charge is -2.25. The Hall–Kier alpha value is -1.45. The van der Waals surface area contributed by atoms with Crippen LogP contribution in [0.3, 0.4) is 0 Å². The standard InChI is InChI=1S/C13H14F2O2/c1-8-6-9(11(15)10(14)7-8)13(12(16)17)4-2-3-5-13/h6-7H,2-5H2,1H3,(H,16,17). The van der Waals surface area contributed by atoms with Crippen LogP contribution in [-0.2, 0) is 10.2 Å². The van der Waals surface area contributed by atoms with Crippen LogP contribution in [0.15, 0.2) is 12.1 Å². The van der Waals surface area contributed by atoms with Crippen molar-refractivity contribution in [3.8, 4) is 0 Å². The highest BCUT2D eigenvalue weighted by Gasteiger charge is 2.45. The molecule has 1 aromatic rings. The van der Waals surface area contributed by atoms with E-state index in [1.54, 1.807) is 6.92 Å². The van der Waals surface area contributed by atoms with Gasteiger partial charge in [0, 0.05) is 5.56 Å². The second-order valence-corrected chi connectivity index (χ2v) is 4.70. The monoisotopic (exact) mass is 240 g/mol. The highest BCUT2D eigenvalue weighted by atomic mass is 19.2. The molecule has 0 atom stereocenters. The predicted octanol–water partition coefficient (Wildman–Crippen LogP) is 3.17. The summed E-state index contributed by atoms with van der Waals surface area (Å²) in [6.07, 6.45) is 2.23. The van der Waals surface area contributed by atoms with Gasteiger partial charge in [0.05, 0.1) is 5.41 Å². The van der Waals surface area contributed by atoms with Crippen molar-refractivity contribution in [2.75, 3.05) is 0 Å². The third-order valence-corrected chi connectivity index (χ3v) is 3.55. The van der Waals surface area contributed by atoms with E-state index in [-0.39, 0.29) is 5.56 Å². The number of aliphatic carboxylic acids is 1. The maximum atomic E-state index is 13.8. The molecular formula is C13H14F2O2. The molecule has 92 valence electrons. The van der Waals surface area contributed by atoms with E-state index in [1.807, 2.05) is 0 Å². The van der Waals surface area contributed by atoms with E-state index in [2.05, 4.69) is 0 Å². The minimum atomic E-state index is -1.24. The zero-order valence-corrected chi connectivity index (χ0v) is 9.59. The maximum absolute atomic E-state index is 13.8. The van der Waals surface area contributed by atoms with Gasteiger partial charge in [-0.1, -0.05) is 18.9 Å². The molecule has 4 heteroatoms. The number of hydrogen-bond donors (Lipinski definition) is 1. The predicted molar refractivity (Wildman–Crippen MR) is 58.9 cm³/mol. The third-order valence-electron chi connectivity index (χ3n) is 3.55. The first kappa shape index (κ1) is 12.0. The van der Waals surface area contributed by atoms with Gasteiger partial charge >= 0.3 is 5.97 Å². The average Bonchev–Trinajstić information content (AvgIpc) is 2.73. The van der Waals surface area contributed by atoms with Crippen LogP contribution >= 0.6 is 0 Å². The lowest BCUT2D eigenvalue weighted by molar-refractivity contribution is -0.143. The van der Waals surface area contributed by atoms with E-state index in [9.17, 15) is 18.7 Å². The number of rotatable bonds is 2. The molecule has 0 amide bonds. The van der Waals surface area contributed by atoms with Crippen molar-refractivity contribution in [1.29, 1.82) is 0 Å². The van der Waals surface area contributed by atoms with Gasteiger partial charge in [-0.15, -0.1) is 0 Å². The molecule has 2 nitrogen and oxygen atoms in total. The number of halogens is 2. The number of carboxylic acids is 1. The Morgan fingerprint density at radius 3 is 2.41 bits per heavy atom. The highest BCUT2D eigenvalue weighted by molar-refractivity contribution is 5.82. The van der Waals surface area contributed by atoms with Crippen molar-refractivity contribution in [2.24, 2.45) is 0 Å². The molecule has 1 aliphatic carbocycles. The van der Waals surface area contributed by atoms with Gasteiger partial charge in [0.1, 0.15) is 0 Å². The van der Waals surface area contributed by atoms with Gasteiger partial charge in [-0.2, -0.15) is 0 Å². The zero-order chi connectivity index (χ0) is 12.6. The fourth-order valence-corrected chi connectivity index (χ4v) is 2.65. The first-order chi connectivity index (χ1) is 7.97. The van der Waals surface area contributed by atoms with Gasteiger partial charge in [0.15, 0.2) is 11.6 Å². The molecule has 17 heavy (non-hydrogen) atoms. The van der Waals surface area contributed by atoms with Crippen molar-refractivity contribution in [3.63, 3.8) is 0 Å². The van der Waals surface area contributed by atoms with Crippen molar-refractivity contribution in [2.45, 2.75) is 38.0 Å². The first-order valence-corrected chi connectivity index (χ1v) is 5.67. The van der Waals surface area contributed by atoms with Crippen molar-refractivity contribution < 1.29 is 18.7 Å². The van der Waals surface area contributed by atoms with Crippen molar-refractivity contribution >= 4 is 5.97 Å². The van der Waals surface area contributed by atoms with Crippen LogP contribution in [0.5, 0.6) is 0 Å². The summed E-state index contributed by atoms with van der Waals surface area (Å²) >= 11 is 0. The summed E-state index contributed by atoms with van der Waals surface area (Å²) in [5.74, 6) is -3.04. The van der Waals surface area contributed by atoms with Crippen molar-refractivity contribution in [3.05, 3.63) is 34.9 Å². The molecule has 0 bridgehead atoms. The van der Waals surface area contributed by atoms with E-state index in [1.165, 1.54) is 6.07 Å². The Kier molecular flexibility index (Phi) is 2.89. The normalized spacial score (nSPS) is 18.3. The second kappa shape index (κ2) is 4.09. The summed E-state index contributed by atoms with van der Waals surface area (Å²) in [6.45, 7) is 1.64. The molecule has 0 heterocycles. The van der Waals surface area contributed by atoms with Crippen LogP contribution in [0.25, 0.3) is 0 Å². The molecular weight excluding hydrogens is 226 g/mol. The Bertz CT molecular complexity index is 463. The van der Waals surface area contributed by atoms with E-state index in [0.29, 0.717) is 18.4 Å². The molecule has 0 aromatic heterocycles. The van der Waals surface area contributed by atoms with Crippen LogP contribution in [0.2, 0.25) is 0 Å². The Labute approximate surface area is 98.3 Å². The molecule has 1 aliphatic rings. The maximum Gasteiger partial charge on any atom is 0.314 e. The summed E-state index contributed by atoms with van der Waals surface area (Å²) in [5.41, 5.74) is -0.692. The van der Waals surface area contributed by atoms with Gasteiger partial charge < -0.3 is 5.11 Å². The summed E-state index contributed by atoms with van der Waals surface area (Å²) in [4.78, 5) is 11.4. The second-order valence-electron chi connectivity index (χ2n) is 4.70. The molecule has 1 N–H and O–H groups in total. The van der Waals surface area contributed by atoms with Gasteiger partial charge in [-0.05, 0) is 31.4 Å². The molecule has 1 saturated carbocycles. The molecule has 1 fully saturated rings. The largest absolute Gasteiger partial charge is 0.481 e. The quantitative estimate of drug-likeness (QED) is 0.862. The smallest absolute Gasteiger partial charge is 0.314 e. The fourth-order valence-electron chi connectivity index (χ4n) is 2.65. The molecule has 0 aliphatic heterocycles. The Morgan fingerprint density at radius 2 is 1.88 bits per heavy atom. The molecule has 0 unspecified atom stereocenters. The van der Waals surface area contributed by atoms with E-state index in [4.69, 9.17) is 0 Å². The van der Waals surface area contributed by atoms with E-state index in [0.717, 1.165) is 18.9 Å². The molecule has 0 saturated heterocycles. The lowest BCUT2D eigenvalue weighted by atomic mass is 9.78. The number of aryl methyl sites for hydroxylation is 1. The average molecular weight is 240 g/mol. The number of carbonyl (C=O) groups is 1. The van der Waals surface area contributed by atoms with E-state index < -0.39 is 23.0 Å². The number of hydrogen-bond acceptors (Lipinski definition) is 1. The minimum Gasteiger partial charge on any atom is -0.481 e. The summed E-state index contributed by atoms with van der Waals surface area (Å²) in [6, 6.07) is 2.54. The minimum absolute atomic E-state index is 0.000000000000000666. The number of carboxylic acid groups (broad SMARTS) is 1. The summed E-state index contributed by atoms with van der Waals surface area (Å²) < 4.78 is 27.2. The van der Waals surface area contributed by atoms with Gasteiger partial charge in [-0.3, -0.25) is 4.79 Å². The lowest BCUT2D eigenvalue weighted by Crippen LogP contribution is -2.34. The van der Waals surface area contributed by atoms with E-state index >= 15 is 0 Å². The molecule has 2 rings (SSSR count). The summed E-state index contributed by atoms with van der Waals surface area (Å²) in [7, 11) is 0. The molecule has 0 spiro atoms. The van der Waals surface area contributed by atoms with Crippen LogP contribution < -0.4 is 0 Å². The van der Waals surface area contributed by atoms with Crippen molar-refractivity contribution in [1.82, 2.24) is 0 Å². The van der Waals surface area contributed by atoms with Crippen LogP contribution in [0, 0.1) is 18.6 Å². The molecule has 1 aromatic carbocycles. The van der Waals surface area contributed by atoms with Crippen LogP contribution in [-0.4, -0.2) is 11.1 Å². The Balaban J connectivity index is 2.62. The highest BCUT2D eigenvalue weighted by Crippen LogP contribution is 2.43. The topological polar surface area (TPSA) is 37.3 Å². The van der Waals surface area contributed by atoms with Crippen LogP contribution in [0.4, 0.5) is 8.78 Å². The third kappa shape index (κ3) is 1.81. The SMILES string of the molecule is Cc1cc(F)c(F)c(C2(C(=O)O)CCCC2)c1. The first-order valence-electron chi connectivity index (χ1n) is 5.67. The fraction of sp³-hybridized carbons (Fsp3) is 0.462.